The molecule has 0 aliphatic heterocycles. The van der Waals surface area contributed by atoms with Crippen molar-refractivity contribution in [2.75, 3.05) is 13.2 Å². The number of nitrogens with one attached hydrogen (secondary N) is 1. The first-order valence-corrected chi connectivity index (χ1v) is 9.42. The standard InChI is InChI=1S/C24H25NO2/c1-2-27-23-13-7-6-11-21(23)12-8-18-25-24(26)22-16-14-20(15-17-22)19-9-4-3-5-10-19/h3-7,9-11,13-17H,2,8,12,18H2,1H3,(H,25,26). The van der Waals surface area contributed by atoms with Crippen LogP contribution in [0.2, 0.25) is 0 Å². The van der Waals surface area contributed by atoms with Crippen LogP contribution in [0.5, 0.6) is 5.75 Å². The summed E-state index contributed by atoms with van der Waals surface area (Å²) in [6, 6.07) is 26.0. The van der Waals surface area contributed by atoms with Crippen LogP contribution in [0.1, 0.15) is 29.3 Å². The van der Waals surface area contributed by atoms with Crippen molar-refractivity contribution in [3.8, 4) is 16.9 Å². The molecule has 3 aromatic rings. The number of amides is 1. The van der Waals surface area contributed by atoms with Crippen molar-refractivity contribution >= 4 is 5.91 Å². The topological polar surface area (TPSA) is 38.3 Å². The third-order valence-corrected chi connectivity index (χ3v) is 4.44. The third-order valence-electron chi connectivity index (χ3n) is 4.44. The lowest BCUT2D eigenvalue weighted by Crippen LogP contribution is -2.24. The van der Waals surface area contributed by atoms with Crippen LogP contribution in [0.4, 0.5) is 0 Å². The van der Waals surface area contributed by atoms with Crippen LogP contribution in [0.3, 0.4) is 0 Å². The first kappa shape index (κ1) is 18.7. The van der Waals surface area contributed by atoms with Crippen LogP contribution in [0.25, 0.3) is 11.1 Å². The summed E-state index contributed by atoms with van der Waals surface area (Å²) in [6.45, 7) is 3.28. The number of rotatable bonds is 8. The van der Waals surface area contributed by atoms with Crippen LogP contribution < -0.4 is 10.1 Å². The lowest BCUT2D eigenvalue weighted by atomic mass is 10.0. The first-order chi connectivity index (χ1) is 13.3. The van der Waals surface area contributed by atoms with Gasteiger partial charge in [0, 0.05) is 12.1 Å². The fourth-order valence-electron chi connectivity index (χ4n) is 3.03. The normalized spacial score (nSPS) is 10.4. The van der Waals surface area contributed by atoms with Crippen molar-refractivity contribution < 1.29 is 9.53 Å². The Morgan fingerprint density at radius 3 is 2.26 bits per heavy atom. The number of carbonyl (C=O) groups is 1. The average molecular weight is 359 g/mol. The third kappa shape index (κ3) is 5.20. The molecule has 0 heterocycles. The summed E-state index contributed by atoms with van der Waals surface area (Å²) in [5, 5.41) is 3.00. The fraction of sp³-hybridized carbons (Fsp3) is 0.208. The monoisotopic (exact) mass is 359 g/mol. The van der Waals surface area contributed by atoms with E-state index in [2.05, 4.69) is 23.5 Å². The lowest BCUT2D eigenvalue weighted by Gasteiger charge is -2.10. The van der Waals surface area contributed by atoms with E-state index in [1.807, 2.05) is 67.6 Å². The quantitative estimate of drug-likeness (QED) is 0.567. The van der Waals surface area contributed by atoms with Gasteiger partial charge in [0.25, 0.3) is 5.91 Å². The van der Waals surface area contributed by atoms with Crippen molar-refractivity contribution in [3.05, 3.63) is 90.0 Å². The molecule has 3 heteroatoms. The maximum absolute atomic E-state index is 12.3. The highest BCUT2D eigenvalue weighted by Crippen LogP contribution is 2.20. The zero-order chi connectivity index (χ0) is 18.9. The molecular formula is C24H25NO2. The first-order valence-electron chi connectivity index (χ1n) is 9.42. The number of ether oxygens (including phenoxy) is 1. The van der Waals surface area contributed by atoms with E-state index in [0.29, 0.717) is 18.7 Å². The second-order valence-corrected chi connectivity index (χ2v) is 6.34. The van der Waals surface area contributed by atoms with Gasteiger partial charge >= 0.3 is 0 Å². The lowest BCUT2D eigenvalue weighted by molar-refractivity contribution is 0.0953. The molecule has 3 nitrogen and oxygen atoms in total. The Hall–Kier alpha value is -3.07. The van der Waals surface area contributed by atoms with Crippen LogP contribution in [-0.4, -0.2) is 19.1 Å². The van der Waals surface area contributed by atoms with Gasteiger partial charge in [-0.3, -0.25) is 4.79 Å². The number of hydrogen-bond acceptors (Lipinski definition) is 2. The van der Waals surface area contributed by atoms with Crippen molar-refractivity contribution in [1.82, 2.24) is 5.32 Å². The maximum atomic E-state index is 12.3. The molecule has 0 fully saturated rings. The van der Waals surface area contributed by atoms with E-state index in [4.69, 9.17) is 4.74 Å². The van der Waals surface area contributed by atoms with Crippen LogP contribution in [0, 0.1) is 0 Å². The molecule has 0 aliphatic rings. The maximum Gasteiger partial charge on any atom is 0.251 e. The number of para-hydroxylation sites is 1. The van der Waals surface area contributed by atoms with Crippen LogP contribution in [0.15, 0.2) is 78.9 Å². The number of hydrogen-bond donors (Lipinski definition) is 1. The van der Waals surface area contributed by atoms with Gasteiger partial charge in [0.05, 0.1) is 6.61 Å². The highest BCUT2D eigenvalue weighted by atomic mass is 16.5. The van der Waals surface area contributed by atoms with Crippen LogP contribution >= 0.6 is 0 Å². The predicted molar refractivity (Wildman–Crippen MR) is 110 cm³/mol. The zero-order valence-electron chi connectivity index (χ0n) is 15.7. The van der Waals surface area contributed by atoms with Gasteiger partial charge < -0.3 is 10.1 Å². The minimum Gasteiger partial charge on any atom is -0.494 e. The molecule has 1 N–H and O–H groups in total. The molecule has 3 aromatic carbocycles. The van der Waals surface area contributed by atoms with Crippen molar-refractivity contribution in [2.24, 2.45) is 0 Å². The Morgan fingerprint density at radius 2 is 1.52 bits per heavy atom. The Balaban J connectivity index is 1.50. The van der Waals surface area contributed by atoms with Gasteiger partial charge in [-0.15, -0.1) is 0 Å². The second-order valence-electron chi connectivity index (χ2n) is 6.34. The highest BCUT2D eigenvalue weighted by molar-refractivity contribution is 5.94. The smallest absolute Gasteiger partial charge is 0.251 e. The Bertz CT molecular complexity index is 857. The molecule has 3 rings (SSSR count). The zero-order valence-corrected chi connectivity index (χ0v) is 15.7. The molecular weight excluding hydrogens is 334 g/mol. The summed E-state index contributed by atoms with van der Waals surface area (Å²) in [5.41, 5.74) is 4.13. The molecule has 0 aliphatic carbocycles. The SMILES string of the molecule is CCOc1ccccc1CCCNC(=O)c1ccc(-c2ccccc2)cc1. The van der Waals surface area contributed by atoms with Gasteiger partial charge in [-0.1, -0.05) is 60.7 Å². The van der Waals surface area contributed by atoms with Gasteiger partial charge in [0.2, 0.25) is 0 Å². The summed E-state index contributed by atoms with van der Waals surface area (Å²) in [6.07, 6.45) is 1.75. The van der Waals surface area contributed by atoms with Gasteiger partial charge in [-0.05, 0) is 54.7 Å². The molecule has 27 heavy (non-hydrogen) atoms. The van der Waals surface area contributed by atoms with Crippen molar-refractivity contribution in [3.63, 3.8) is 0 Å². The van der Waals surface area contributed by atoms with E-state index in [0.717, 1.165) is 29.7 Å². The highest BCUT2D eigenvalue weighted by Gasteiger charge is 2.06. The molecule has 0 saturated carbocycles. The van der Waals surface area contributed by atoms with Gasteiger partial charge in [-0.2, -0.15) is 0 Å². The minimum atomic E-state index is -0.0345. The van der Waals surface area contributed by atoms with Gasteiger partial charge in [0.1, 0.15) is 5.75 Å². The molecule has 0 bridgehead atoms. The molecule has 0 unspecified atom stereocenters. The molecule has 0 radical (unpaired) electrons. The summed E-state index contributed by atoms with van der Waals surface area (Å²) in [5.74, 6) is 0.899. The van der Waals surface area contributed by atoms with E-state index in [1.54, 1.807) is 0 Å². The average Bonchev–Trinajstić information content (AvgIpc) is 2.73. The molecule has 0 aromatic heterocycles. The largest absolute Gasteiger partial charge is 0.494 e. The number of benzene rings is 3. The van der Waals surface area contributed by atoms with E-state index in [9.17, 15) is 4.79 Å². The van der Waals surface area contributed by atoms with E-state index in [-0.39, 0.29) is 5.91 Å². The Morgan fingerprint density at radius 1 is 0.852 bits per heavy atom. The van der Waals surface area contributed by atoms with Gasteiger partial charge in [-0.25, -0.2) is 0 Å². The Labute approximate surface area is 161 Å². The summed E-state index contributed by atoms with van der Waals surface area (Å²) >= 11 is 0. The second kappa shape index (κ2) is 9.58. The minimum absolute atomic E-state index is 0.0345. The number of carbonyl (C=O) groups excluding carboxylic acids is 1. The van der Waals surface area contributed by atoms with E-state index in [1.165, 1.54) is 5.56 Å². The van der Waals surface area contributed by atoms with E-state index >= 15 is 0 Å². The summed E-state index contributed by atoms with van der Waals surface area (Å²) in [4.78, 5) is 12.3. The molecule has 0 saturated heterocycles. The van der Waals surface area contributed by atoms with Crippen molar-refractivity contribution in [1.29, 1.82) is 0 Å². The van der Waals surface area contributed by atoms with Crippen LogP contribution in [-0.2, 0) is 6.42 Å². The van der Waals surface area contributed by atoms with Crippen molar-refractivity contribution in [2.45, 2.75) is 19.8 Å². The predicted octanol–water partition coefficient (Wildman–Crippen LogP) is 5.11. The summed E-state index contributed by atoms with van der Waals surface area (Å²) < 4.78 is 5.64. The molecule has 0 spiro atoms. The Kier molecular flexibility index (Phi) is 6.64. The fourth-order valence-corrected chi connectivity index (χ4v) is 3.03. The van der Waals surface area contributed by atoms with E-state index < -0.39 is 0 Å². The molecule has 0 atom stereocenters. The molecule has 1 amide bonds. The molecule has 138 valence electrons. The summed E-state index contributed by atoms with van der Waals surface area (Å²) in [7, 11) is 0. The number of aryl methyl sites for hydroxylation is 1. The van der Waals surface area contributed by atoms with Gasteiger partial charge in [0.15, 0.2) is 0 Å².